The summed E-state index contributed by atoms with van der Waals surface area (Å²) in [4.78, 5) is 0. The van der Waals surface area contributed by atoms with Gasteiger partial charge in [0.05, 0.1) is 23.8 Å². The number of fused-ring (bicyclic) bond motifs is 1. The molecule has 28 heavy (non-hydrogen) atoms. The number of sulfone groups is 1. The molecule has 0 unspecified atom stereocenters. The molecule has 2 aliphatic heterocycles. The maximum atomic E-state index is 11.9. The third-order valence-electron chi connectivity index (χ3n) is 5.14. The van der Waals surface area contributed by atoms with Crippen LogP contribution in [0, 0.1) is 5.41 Å². The fourth-order valence-corrected chi connectivity index (χ4v) is 7.34. The molecule has 3 rings (SSSR count). The topological polar surface area (TPSA) is 93.8 Å². The molecule has 2 atom stereocenters. The number of phenolic OH excluding ortho intramolecular Hbond substituents is 1. The third-order valence-corrected chi connectivity index (χ3v) is 8.26. The molecular formula is C20H29N3O3S2. The number of nitrogens with zero attached hydrogens (tertiary/aromatic N) is 2. The summed E-state index contributed by atoms with van der Waals surface area (Å²) in [6, 6.07) is 3.56. The molecule has 0 spiro atoms. The Morgan fingerprint density at radius 1 is 1.14 bits per heavy atom. The minimum absolute atomic E-state index is 0.0421. The molecule has 2 fully saturated rings. The predicted molar refractivity (Wildman–Crippen MR) is 116 cm³/mol. The van der Waals surface area contributed by atoms with Crippen LogP contribution >= 0.6 is 11.8 Å². The molecule has 0 radical (unpaired) electrons. The maximum Gasteiger partial charge on any atom is 0.177 e. The number of thioether (sulfide) groups is 1. The highest BCUT2D eigenvalue weighted by atomic mass is 32.2. The first-order valence-electron chi connectivity index (χ1n) is 9.36. The van der Waals surface area contributed by atoms with Crippen LogP contribution in [0.4, 0.5) is 0 Å². The van der Waals surface area contributed by atoms with Crippen LogP contribution in [0.5, 0.6) is 5.75 Å². The van der Waals surface area contributed by atoms with Gasteiger partial charge in [0.25, 0.3) is 0 Å². The van der Waals surface area contributed by atoms with E-state index in [1.807, 2.05) is 12.1 Å². The number of rotatable bonds is 2. The Balaban J connectivity index is 1.99. The van der Waals surface area contributed by atoms with E-state index < -0.39 is 9.84 Å². The van der Waals surface area contributed by atoms with Gasteiger partial charge in [0.2, 0.25) is 0 Å². The van der Waals surface area contributed by atoms with Gasteiger partial charge in [0, 0.05) is 16.4 Å². The van der Waals surface area contributed by atoms with Crippen LogP contribution in [0.1, 0.15) is 58.2 Å². The molecule has 0 bridgehead atoms. The molecule has 2 heterocycles. The van der Waals surface area contributed by atoms with Crippen molar-refractivity contribution in [1.82, 2.24) is 5.01 Å². The zero-order chi connectivity index (χ0) is 21.1. The molecule has 2 saturated heterocycles. The summed E-state index contributed by atoms with van der Waals surface area (Å²) in [5.74, 6) is 0.460. The van der Waals surface area contributed by atoms with E-state index in [4.69, 9.17) is 5.41 Å². The van der Waals surface area contributed by atoms with Gasteiger partial charge in [0.15, 0.2) is 15.0 Å². The fraction of sp³-hybridized carbons (Fsp3) is 0.600. The van der Waals surface area contributed by atoms with Crippen molar-refractivity contribution in [2.24, 2.45) is 5.10 Å². The summed E-state index contributed by atoms with van der Waals surface area (Å²) in [7, 11) is -3.07. The second-order valence-corrected chi connectivity index (χ2v) is 13.0. The van der Waals surface area contributed by atoms with Crippen LogP contribution in [0.25, 0.3) is 0 Å². The molecule has 154 valence electrons. The lowest BCUT2D eigenvalue weighted by Gasteiger charge is -2.28. The number of hydrogen-bond donors (Lipinski definition) is 2. The van der Waals surface area contributed by atoms with E-state index in [-0.39, 0.29) is 38.8 Å². The monoisotopic (exact) mass is 423 g/mol. The Labute approximate surface area is 171 Å². The van der Waals surface area contributed by atoms with Gasteiger partial charge in [-0.2, -0.15) is 5.10 Å². The molecule has 0 aliphatic carbocycles. The number of phenols is 1. The zero-order valence-corrected chi connectivity index (χ0v) is 18.9. The zero-order valence-electron chi connectivity index (χ0n) is 17.3. The fourth-order valence-electron chi connectivity index (χ4n) is 3.63. The minimum atomic E-state index is -3.07. The molecule has 2 aliphatic rings. The Morgan fingerprint density at radius 3 is 2.18 bits per heavy atom. The first kappa shape index (κ1) is 21.2. The van der Waals surface area contributed by atoms with Crippen LogP contribution < -0.4 is 0 Å². The van der Waals surface area contributed by atoms with Gasteiger partial charge < -0.3 is 5.11 Å². The van der Waals surface area contributed by atoms with Gasteiger partial charge in [-0.1, -0.05) is 53.3 Å². The summed E-state index contributed by atoms with van der Waals surface area (Å²) in [6.07, 6.45) is 1.67. The summed E-state index contributed by atoms with van der Waals surface area (Å²) in [5, 5.41) is 25.2. The summed E-state index contributed by atoms with van der Waals surface area (Å²) < 4.78 is 23.9. The second-order valence-electron chi connectivity index (χ2n) is 9.66. The Morgan fingerprint density at radius 2 is 1.68 bits per heavy atom. The Hall–Kier alpha value is -1.54. The SMILES string of the molecule is CC(C)(C)c1cc(C=NN2C(=N)S[C@@H]3CS(=O)(=O)C[C@@H]32)cc(C(C)(C)C)c1O. The number of hydrazone groups is 1. The van der Waals surface area contributed by atoms with Crippen LogP contribution in [-0.2, 0) is 20.7 Å². The van der Waals surface area contributed by atoms with Crippen LogP contribution in [0.3, 0.4) is 0 Å². The smallest absolute Gasteiger partial charge is 0.177 e. The molecule has 0 saturated carbocycles. The van der Waals surface area contributed by atoms with Gasteiger partial charge in [-0.3, -0.25) is 5.41 Å². The molecule has 6 nitrogen and oxygen atoms in total. The Kier molecular flexibility index (Phi) is 5.11. The predicted octanol–water partition coefficient (Wildman–Crippen LogP) is 3.47. The minimum Gasteiger partial charge on any atom is -0.507 e. The van der Waals surface area contributed by atoms with Crippen molar-refractivity contribution < 1.29 is 13.5 Å². The second kappa shape index (κ2) is 6.76. The van der Waals surface area contributed by atoms with E-state index in [2.05, 4.69) is 46.6 Å². The largest absolute Gasteiger partial charge is 0.507 e. The lowest BCUT2D eigenvalue weighted by atomic mass is 9.78. The molecule has 0 aromatic heterocycles. The first-order chi connectivity index (χ1) is 12.7. The van der Waals surface area contributed by atoms with Crippen LogP contribution in [-0.4, -0.2) is 52.7 Å². The normalized spacial score (nSPS) is 24.9. The lowest BCUT2D eigenvalue weighted by molar-refractivity contribution is 0.376. The number of hydrogen-bond acceptors (Lipinski definition) is 6. The van der Waals surface area contributed by atoms with E-state index in [9.17, 15) is 13.5 Å². The number of nitrogens with one attached hydrogen (secondary N) is 1. The van der Waals surface area contributed by atoms with Crippen LogP contribution in [0.15, 0.2) is 17.2 Å². The highest BCUT2D eigenvalue weighted by Crippen LogP contribution is 2.40. The number of aromatic hydroxyl groups is 1. The highest BCUT2D eigenvalue weighted by Gasteiger charge is 2.48. The van der Waals surface area contributed by atoms with Crippen molar-refractivity contribution in [3.8, 4) is 5.75 Å². The third kappa shape index (κ3) is 4.08. The van der Waals surface area contributed by atoms with Crippen LogP contribution in [0.2, 0.25) is 0 Å². The van der Waals surface area contributed by atoms with E-state index >= 15 is 0 Å². The van der Waals surface area contributed by atoms with Crippen molar-refractivity contribution >= 4 is 33.0 Å². The van der Waals surface area contributed by atoms with Crippen molar-refractivity contribution in [2.75, 3.05) is 11.5 Å². The van der Waals surface area contributed by atoms with Crippen molar-refractivity contribution in [3.63, 3.8) is 0 Å². The van der Waals surface area contributed by atoms with E-state index in [1.54, 1.807) is 6.21 Å². The standard InChI is InChI=1S/C20H29N3O3S2/c1-19(2,3)13-7-12(8-14(17(13)24)20(4,5)6)9-22-23-15-10-28(25,26)11-16(15)27-18(23)21/h7-9,15-16,21,24H,10-11H2,1-6H3/t15-,16+/m0/s1. The number of benzene rings is 1. The summed E-state index contributed by atoms with van der Waals surface area (Å²) in [5.41, 5.74) is 2.03. The highest BCUT2D eigenvalue weighted by molar-refractivity contribution is 8.15. The van der Waals surface area contributed by atoms with Crippen molar-refractivity contribution in [3.05, 3.63) is 28.8 Å². The van der Waals surface area contributed by atoms with Crippen molar-refractivity contribution in [2.45, 2.75) is 63.7 Å². The van der Waals surface area contributed by atoms with E-state index in [1.165, 1.54) is 16.8 Å². The molecule has 2 N–H and O–H groups in total. The molecule has 1 aromatic rings. The summed E-state index contributed by atoms with van der Waals surface area (Å²) >= 11 is 1.28. The maximum absolute atomic E-state index is 11.9. The van der Waals surface area contributed by atoms with Gasteiger partial charge in [0.1, 0.15) is 5.75 Å². The quantitative estimate of drug-likeness (QED) is 0.711. The molecule has 0 amide bonds. The van der Waals surface area contributed by atoms with E-state index in [0.29, 0.717) is 5.75 Å². The van der Waals surface area contributed by atoms with Gasteiger partial charge in [-0.15, -0.1) is 0 Å². The number of amidine groups is 1. The van der Waals surface area contributed by atoms with Gasteiger partial charge in [-0.25, -0.2) is 13.4 Å². The van der Waals surface area contributed by atoms with E-state index in [0.717, 1.165) is 16.7 Å². The van der Waals surface area contributed by atoms with Gasteiger partial charge in [-0.05, 0) is 28.5 Å². The molecular weight excluding hydrogens is 394 g/mol. The summed E-state index contributed by atoms with van der Waals surface area (Å²) in [6.45, 7) is 12.3. The first-order valence-corrected chi connectivity index (χ1v) is 12.1. The molecule has 8 heteroatoms. The Bertz CT molecular complexity index is 905. The molecule has 1 aromatic carbocycles. The average molecular weight is 424 g/mol. The lowest BCUT2D eigenvalue weighted by Crippen LogP contribution is -2.32. The average Bonchev–Trinajstić information content (AvgIpc) is 2.94. The van der Waals surface area contributed by atoms with Crippen molar-refractivity contribution in [1.29, 1.82) is 5.41 Å². The van der Waals surface area contributed by atoms with Gasteiger partial charge >= 0.3 is 0 Å².